The molecule has 106 valence electrons. The maximum Gasteiger partial charge on any atom is 0.224 e. The Morgan fingerprint density at radius 1 is 1.42 bits per heavy atom. The number of benzene rings is 1. The largest absolute Gasteiger partial charge is 0.356 e. The Balaban J connectivity index is 2.46. The lowest BCUT2D eigenvalue weighted by molar-refractivity contribution is -0.120. The van der Waals surface area contributed by atoms with Crippen molar-refractivity contribution in [1.82, 2.24) is 5.32 Å². The summed E-state index contributed by atoms with van der Waals surface area (Å²) in [7, 11) is 0. The lowest BCUT2D eigenvalue weighted by Crippen LogP contribution is -2.30. The van der Waals surface area contributed by atoms with Crippen LogP contribution in [0, 0.1) is 17.6 Å². The van der Waals surface area contributed by atoms with E-state index < -0.39 is 11.6 Å². The molecule has 0 saturated heterocycles. The van der Waals surface area contributed by atoms with Crippen molar-refractivity contribution in [3.63, 3.8) is 0 Å². The average molecular weight is 334 g/mol. The zero-order chi connectivity index (χ0) is 14.3. The van der Waals surface area contributed by atoms with Gasteiger partial charge in [-0.2, -0.15) is 0 Å². The first-order chi connectivity index (χ1) is 9.06. The molecule has 0 aliphatic heterocycles. The van der Waals surface area contributed by atoms with Gasteiger partial charge in [0.2, 0.25) is 5.91 Å². The van der Waals surface area contributed by atoms with Gasteiger partial charge in [0.15, 0.2) is 0 Å². The van der Waals surface area contributed by atoms with Gasteiger partial charge in [-0.3, -0.25) is 4.79 Å². The second-order valence-electron chi connectivity index (χ2n) is 4.47. The number of carbonyl (C=O) groups excluding carboxylic acids is 1. The van der Waals surface area contributed by atoms with Gasteiger partial charge in [-0.15, -0.1) is 0 Å². The zero-order valence-corrected chi connectivity index (χ0v) is 12.5. The van der Waals surface area contributed by atoms with Crippen molar-refractivity contribution in [2.75, 3.05) is 11.9 Å². The van der Waals surface area contributed by atoms with Gasteiger partial charge in [0.1, 0.15) is 11.6 Å². The van der Waals surface area contributed by atoms with Gasteiger partial charge in [-0.25, -0.2) is 8.78 Å². The molecule has 0 aromatic heterocycles. The van der Waals surface area contributed by atoms with Crippen molar-refractivity contribution < 1.29 is 13.6 Å². The summed E-state index contributed by atoms with van der Waals surface area (Å²) in [5.41, 5.74) is 0.215. The molecule has 1 aromatic carbocycles. The maximum absolute atomic E-state index is 13.4. The van der Waals surface area contributed by atoms with Gasteiger partial charge < -0.3 is 5.32 Å². The van der Waals surface area contributed by atoms with Crippen LogP contribution in [0.2, 0.25) is 0 Å². The number of nitrogens with one attached hydrogen (secondary N) is 1. The van der Waals surface area contributed by atoms with Gasteiger partial charge >= 0.3 is 0 Å². The highest BCUT2D eigenvalue weighted by molar-refractivity contribution is 9.09. The van der Waals surface area contributed by atoms with E-state index in [0.717, 1.165) is 30.3 Å². The highest BCUT2D eigenvalue weighted by Gasteiger charge is 2.11. The van der Waals surface area contributed by atoms with Crippen molar-refractivity contribution in [3.05, 3.63) is 35.4 Å². The Labute approximate surface area is 120 Å². The lowest BCUT2D eigenvalue weighted by atomic mass is 10.0. The van der Waals surface area contributed by atoms with E-state index in [1.807, 2.05) is 0 Å². The minimum atomic E-state index is -0.678. The van der Waals surface area contributed by atoms with Crippen LogP contribution in [-0.2, 0) is 11.2 Å². The van der Waals surface area contributed by atoms with Crippen LogP contribution in [0.3, 0.4) is 0 Å². The van der Waals surface area contributed by atoms with Gasteiger partial charge in [-0.1, -0.05) is 35.3 Å². The predicted octanol–water partition coefficient (Wildman–Crippen LogP) is 3.43. The molecule has 0 bridgehead atoms. The van der Waals surface area contributed by atoms with Gasteiger partial charge in [-0.05, 0) is 24.0 Å². The number of carbonyl (C=O) groups is 1. The molecule has 0 saturated carbocycles. The summed E-state index contributed by atoms with van der Waals surface area (Å²) in [5, 5.41) is 3.69. The molecule has 1 unspecified atom stereocenters. The van der Waals surface area contributed by atoms with E-state index in [1.165, 1.54) is 6.07 Å². The molecule has 19 heavy (non-hydrogen) atoms. The van der Waals surface area contributed by atoms with E-state index in [4.69, 9.17) is 0 Å². The maximum atomic E-state index is 13.4. The van der Waals surface area contributed by atoms with Gasteiger partial charge in [0, 0.05) is 17.9 Å². The number of hydrogen-bond acceptors (Lipinski definition) is 1. The molecule has 0 heterocycles. The Bertz CT molecular complexity index is 426. The zero-order valence-electron chi connectivity index (χ0n) is 10.9. The van der Waals surface area contributed by atoms with Crippen LogP contribution in [0.15, 0.2) is 18.2 Å². The molecule has 5 heteroatoms. The van der Waals surface area contributed by atoms with E-state index in [2.05, 4.69) is 28.2 Å². The molecule has 1 N–H and O–H groups in total. The van der Waals surface area contributed by atoms with Crippen molar-refractivity contribution in [3.8, 4) is 0 Å². The Hall–Kier alpha value is -0.970. The van der Waals surface area contributed by atoms with E-state index >= 15 is 0 Å². The van der Waals surface area contributed by atoms with Gasteiger partial charge in [0.05, 0.1) is 6.42 Å². The summed E-state index contributed by atoms with van der Waals surface area (Å²) in [6.07, 6.45) is 1.91. The van der Waals surface area contributed by atoms with Crippen LogP contribution in [0.25, 0.3) is 0 Å². The molecular weight excluding hydrogens is 316 g/mol. The number of amides is 1. The molecule has 1 aromatic rings. The van der Waals surface area contributed by atoms with Gasteiger partial charge in [0.25, 0.3) is 0 Å². The average Bonchev–Trinajstić information content (AvgIpc) is 2.38. The van der Waals surface area contributed by atoms with E-state index in [9.17, 15) is 13.6 Å². The summed E-state index contributed by atoms with van der Waals surface area (Å²) in [6, 6.07) is 3.26. The topological polar surface area (TPSA) is 29.1 Å². The smallest absolute Gasteiger partial charge is 0.224 e. The molecule has 0 fully saturated rings. The monoisotopic (exact) mass is 333 g/mol. The summed E-state index contributed by atoms with van der Waals surface area (Å²) < 4.78 is 26.1. The van der Waals surface area contributed by atoms with Crippen molar-refractivity contribution in [1.29, 1.82) is 0 Å². The minimum absolute atomic E-state index is 0.0587. The minimum Gasteiger partial charge on any atom is -0.356 e. The standard InChI is InChI=1S/C14H18BrF2NO/c1-2-10(5-6-15)9-18-14(19)7-11-3-4-12(16)8-13(11)17/h3-4,8,10H,2,5-7,9H2,1H3,(H,18,19). The Morgan fingerprint density at radius 2 is 2.16 bits per heavy atom. The second kappa shape index (κ2) is 8.25. The van der Waals surface area contributed by atoms with Crippen molar-refractivity contribution in [2.45, 2.75) is 26.2 Å². The van der Waals surface area contributed by atoms with E-state index in [0.29, 0.717) is 12.5 Å². The molecule has 1 atom stereocenters. The van der Waals surface area contributed by atoms with Crippen LogP contribution < -0.4 is 5.32 Å². The molecular formula is C14H18BrF2NO. The third kappa shape index (κ3) is 5.68. The third-order valence-electron chi connectivity index (χ3n) is 3.05. The highest BCUT2D eigenvalue weighted by atomic mass is 79.9. The summed E-state index contributed by atoms with van der Waals surface area (Å²) >= 11 is 3.37. The van der Waals surface area contributed by atoms with Crippen LogP contribution >= 0.6 is 15.9 Å². The van der Waals surface area contributed by atoms with E-state index in [1.54, 1.807) is 0 Å². The highest BCUT2D eigenvalue weighted by Crippen LogP contribution is 2.11. The summed E-state index contributed by atoms with van der Waals surface area (Å²) in [5.74, 6) is -1.13. The first-order valence-electron chi connectivity index (χ1n) is 6.33. The predicted molar refractivity (Wildman–Crippen MR) is 75.3 cm³/mol. The molecule has 0 radical (unpaired) electrons. The first-order valence-corrected chi connectivity index (χ1v) is 7.45. The first kappa shape index (κ1) is 16.1. The molecule has 2 nitrogen and oxygen atoms in total. The number of alkyl halides is 1. The fourth-order valence-corrected chi connectivity index (χ4v) is 2.41. The number of halogens is 3. The Kier molecular flexibility index (Phi) is 6.99. The summed E-state index contributed by atoms with van der Waals surface area (Å²) in [4.78, 5) is 11.7. The molecule has 0 aliphatic rings. The van der Waals surface area contributed by atoms with Crippen molar-refractivity contribution >= 4 is 21.8 Å². The molecule has 0 spiro atoms. The van der Waals surface area contributed by atoms with Crippen LogP contribution in [0.5, 0.6) is 0 Å². The van der Waals surface area contributed by atoms with Crippen LogP contribution in [0.1, 0.15) is 25.3 Å². The second-order valence-corrected chi connectivity index (χ2v) is 5.26. The number of rotatable bonds is 7. The SMILES string of the molecule is CCC(CCBr)CNC(=O)Cc1ccc(F)cc1F. The quantitative estimate of drug-likeness (QED) is 0.761. The Morgan fingerprint density at radius 3 is 2.74 bits per heavy atom. The lowest BCUT2D eigenvalue weighted by Gasteiger charge is -2.14. The van der Waals surface area contributed by atoms with Crippen LogP contribution in [-0.4, -0.2) is 17.8 Å². The molecule has 1 amide bonds. The fourth-order valence-electron chi connectivity index (χ4n) is 1.76. The normalized spacial score (nSPS) is 12.2. The van der Waals surface area contributed by atoms with Crippen LogP contribution in [0.4, 0.5) is 8.78 Å². The fraction of sp³-hybridized carbons (Fsp3) is 0.500. The number of hydrogen-bond donors (Lipinski definition) is 1. The summed E-state index contributed by atoms with van der Waals surface area (Å²) in [6.45, 7) is 2.66. The third-order valence-corrected chi connectivity index (χ3v) is 3.51. The molecule has 0 aliphatic carbocycles. The molecule has 1 rings (SSSR count). The van der Waals surface area contributed by atoms with E-state index in [-0.39, 0.29) is 17.9 Å². The van der Waals surface area contributed by atoms with Crippen molar-refractivity contribution in [2.24, 2.45) is 5.92 Å².